The monoisotopic (exact) mass is 398 g/mol. The Morgan fingerprint density at radius 3 is 1.37 bits per heavy atom. The molecule has 2 aliphatic heterocycles. The molecule has 2 N–H and O–H groups in total. The van der Waals surface area contributed by atoms with Gasteiger partial charge in [0.15, 0.2) is 0 Å². The molecular weight excluding hydrogens is 376 g/mol. The number of nitrogens with one attached hydrogen (secondary N) is 2. The van der Waals surface area contributed by atoms with Crippen molar-refractivity contribution >= 4 is 33.5 Å². The van der Waals surface area contributed by atoms with Gasteiger partial charge in [-0.05, 0) is 32.7 Å². The number of fused-ring (bicyclic) bond motifs is 2. The molecule has 0 fully saturated rings. The van der Waals surface area contributed by atoms with E-state index in [1.807, 2.05) is 0 Å². The van der Waals surface area contributed by atoms with Crippen LogP contribution in [0.4, 0.5) is 0 Å². The molecule has 150 valence electrons. The number of hydrogen-bond acceptors (Lipinski definition) is 8. The lowest BCUT2D eigenvalue weighted by Crippen LogP contribution is -2.15. The molecule has 8 nitrogen and oxygen atoms in total. The van der Waals surface area contributed by atoms with Crippen LogP contribution in [0.5, 0.6) is 0 Å². The minimum atomic E-state index is 0.490. The summed E-state index contributed by atoms with van der Waals surface area (Å²) >= 11 is 0. The molecular formula is C22H22N8. The van der Waals surface area contributed by atoms with E-state index in [0.29, 0.717) is 25.0 Å². The zero-order valence-corrected chi connectivity index (χ0v) is 16.5. The molecule has 3 aromatic carbocycles. The molecule has 0 spiro atoms. The average molecular weight is 398 g/mol. The molecule has 5 rings (SSSR count). The van der Waals surface area contributed by atoms with Crippen LogP contribution < -0.4 is 10.6 Å². The summed E-state index contributed by atoms with van der Waals surface area (Å²) in [5, 5.41) is 28.3. The van der Waals surface area contributed by atoms with Crippen molar-refractivity contribution in [3.05, 3.63) is 59.7 Å². The Kier molecular flexibility index (Phi) is 5.12. The number of rotatable bonds is 4. The molecule has 0 atom stereocenters. The van der Waals surface area contributed by atoms with Gasteiger partial charge in [0.1, 0.15) is 0 Å². The lowest BCUT2D eigenvalue weighted by molar-refractivity contribution is 0.932. The third-order valence-electron chi connectivity index (χ3n) is 5.26. The van der Waals surface area contributed by atoms with E-state index < -0.39 is 0 Å². The van der Waals surface area contributed by atoms with Gasteiger partial charge in [0.25, 0.3) is 0 Å². The van der Waals surface area contributed by atoms with Crippen molar-refractivity contribution in [2.24, 2.45) is 30.4 Å². The van der Waals surface area contributed by atoms with Gasteiger partial charge in [0.2, 0.25) is 11.9 Å². The molecule has 0 saturated carbocycles. The summed E-state index contributed by atoms with van der Waals surface area (Å²) < 4.78 is 0. The van der Waals surface area contributed by atoms with Gasteiger partial charge in [-0.25, -0.2) is 9.98 Å². The Balaban J connectivity index is 1.57. The second-order valence-corrected chi connectivity index (χ2v) is 7.11. The predicted molar refractivity (Wildman–Crippen MR) is 119 cm³/mol. The third-order valence-corrected chi connectivity index (χ3v) is 5.26. The zero-order chi connectivity index (χ0) is 20.2. The summed E-state index contributed by atoms with van der Waals surface area (Å²) in [5.74, 6) is 1.23. The quantitative estimate of drug-likeness (QED) is 0.516. The molecule has 0 saturated heterocycles. The second-order valence-electron chi connectivity index (χ2n) is 7.11. The maximum atomic E-state index is 4.43. The van der Waals surface area contributed by atoms with Crippen LogP contribution in [0.25, 0.3) is 21.5 Å². The molecule has 0 bridgehead atoms. The highest BCUT2D eigenvalue weighted by atomic mass is 15.3. The van der Waals surface area contributed by atoms with Crippen molar-refractivity contribution in [2.45, 2.75) is 13.1 Å². The van der Waals surface area contributed by atoms with Crippen molar-refractivity contribution in [2.75, 3.05) is 26.2 Å². The second kappa shape index (κ2) is 8.36. The van der Waals surface area contributed by atoms with Crippen LogP contribution in [0.3, 0.4) is 0 Å². The van der Waals surface area contributed by atoms with Crippen LogP contribution in [-0.2, 0) is 13.1 Å². The largest absolute Gasteiger partial charge is 0.351 e. The number of hydrogen-bond donors (Lipinski definition) is 2. The fraction of sp³-hybridized carbons (Fsp3) is 0.273. The average Bonchev–Trinajstić information content (AvgIpc) is 3.49. The molecule has 2 heterocycles. The number of aliphatic imine (C=N–C) groups is 2. The van der Waals surface area contributed by atoms with Crippen molar-refractivity contribution in [3.63, 3.8) is 0 Å². The first-order valence-electron chi connectivity index (χ1n) is 10.1. The maximum Gasteiger partial charge on any atom is 0.237 e. The molecule has 0 radical (unpaired) electrons. The molecule has 0 aliphatic carbocycles. The van der Waals surface area contributed by atoms with Gasteiger partial charge >= 0.3 is 0 Å². The van der Waals surface area contributed by atoms with Crippen LogP contribution in [0.1, 0.15) is 11.1 Å². The number of benzene rings is 3. The van der Waals surface area contributed by atoms with Gasteiger partial charge in [-0.3, -0.25) is 0 Å². The predicted octanol–water partition coefficient (Wildman–Crippen LogP) is 3.82. The molecule has 8 heteroatoms. The summed E-state index contributed by atoms with van der Waals surface area (Å²) in [7, 11) is 0. The number of azo groups is 2. The number of guanidine groups is 2. The van der Waals surface area contributed by atoms with Gasteiger partial charge < -0.3 is 10.6 Å². The Morgan fingerprint density at radius 1 is 0.633 bits per heavy atom. The maximum absolute atomic E-state index is 4.43. The summed E-state index contributed by atoms with van der Waals surface area (Å²) in [6.07, 6.45) is 0. The van der Waals surface area contributed by atoms with E-state index in [-0.39, 0.29) is 0 Å². The SMILES string of the molecule is c1ccc2c(CN=NC3=NCCN3)c3ccccc3c(CN=NC3=NCCN3)c2c1. The summed E-state index contributed by atoms with van der Waals surface area (Å²) in [6.45, 7) is 4.14. The molecule has 0 aromatic heterocycles. The van der Waals surface area contributed by atoms with E-state index in [1.165, 1.54) is 0 Å². The molecule has 0 amide bonds. The van der Waals surface area contributed by atoms with E-state index in [2.05, 4.69) is 89.6 Å². The summed E-state index contributed by atoms with van der Waals surface area (Å²) in [4.78, 5) is 8.56. The van der Waals surface area contributed by atoms with Crippen molar-refractivity contribution < 1.29 is 0 Å². The molecule has 30 heavy (non-hydrogen) atoms. The minimum Gasteiger partial charge on any atom is -0.351 e. The van der Waals surface area contributed by atoms with E-state index in [9.17, 15) is 0 Å². The standard InChI is InChI=1S/C22H22N8/c1-2-6-16-15(5-1)19(13-27-29-21-23-9-10-24-21)17-7-3-4-8-18(17)20(16)14-28-30-22-25-11-12-26-22/h1-8H,9-14H2,(H,23,24)(H,25,26). The highest BCUT2D eigenvalue weighted by Gasteiger charge is 2.14. The summed E-state index contributed by atoms with van der Waals surface area (Å²) in [6, 6.07) is 16.8. The highest BCUT2D eigenvalue weighted by Crippen LogP contribution is 2.34. The van der Waals surface area contributed by atoms with Crippen molar-refractivity contribution in [3.8, 4) is 0 Å². The lowest BCUT2D eigenvalue weighted by Gasteiger charge is -2.14. The fourth-order valence-corrected chi connectivity index (χ4v) is 3.90. The Morgan fingerprint density at radius 2 is 1.03 bits per heavy atom. The van der Waals surface area contributed by atoms with Crippen LogP contribution in [0.15, 0.2) is 79.0 Å². The first-order valence-corrected chi connectivity index (χ1v) is 10.1. The zero-order valence-electron chi connectivity index (χ0n) is 16.5. The Bertz CT molecular complexity index is 1060. The molecule has 3 aromatic rings. The van der Waals surface area contributed by atoms with E-state index in [1.54, 1.807) is 0 Å². The van der Waals surface area contributed by atoms with E-state index in [0.717, 1.165) is 58.9 Å². The highest BCUT2D eigenvalue weighted by molar-refractivity contribution is 6.05. The third kappa shape index (κ3) is 3.63. The Labute approximate surface area is 173 Å². The fourth-order valence-electron chi connectivity index (χ4n) is 3.90. The van der Waals surface area contributed by atoms with Crippen molar-refractivity contribution in [1.29, 1.82) is 0 Å². The molecule has 2 aliphatic rings. The Hall–Kier alpha value is -3.68. The first kappa shape index (κ1) is 18.4. The van der Waals surface area contributed by atoms with E-state index in [4.69, 9.17) is 0 Å². The number of nitrogens with zero attached hydrogens (tertiary/aromatic N) is 6. The smallest absolute Gasteiger partial charge is 0.237 e. The lowest BCUT2D eigenvalue weighted by atomic mass is 9.92. The van der Waals surface area contributed by atoms with Gasteiger partial charge in [-0.15, -0.1) is 10.2 Å². The van der Waals surface area contributed by atoms with Gasteiger partial charge in [-0.2, -0.15) is 10.2 Å². The molecule has 0 unspecified atom stereocenters. The van der Waals surface area contributed by atoms with Crippen LogP contribution in [0, 0.1) is 0 Å². The topological polar surface area (TPSA) is 98.2 Å². The van der Waals surface area contributed by atoms with E-state index >= 15 is 0 Å². The van der Waals surface area contributed by atoms with Crippen LogP contribution in [0.2, 0.25) is 0 Å². The van der Waals surface area contributed by atoms with Gasteiger partial charge in [-0.1, -0.05) is 48.5 Å². The summed E-state index contributed by atoms with van der Waals surface area (Å²) in [5.41, 5.74) is 2.32. The van der Waals surface area contributed by atoms with Gasteiger partial charge in [0.05, 0.1) is 26.2 Å². The van der Waals surface area contributed by atoms with Crippen LogP contribution in [-0.4, -0.2) is 38.1 Å². The van der Waals surface area contributed by atoms with Crippen LogP contribution >= 0.6 is 0 Å². The van der Waals surface area contributed by atoms with Crippen molar-refractivity contribution in [1.82, 2.24) is 10.6 Å². The minimum absolute atomic E-state index is 0.490. The first-order chi connectivity index (χ1) is 14.9. The normalized spacial score (nSPS) is 16.4. The van der Waals surface area contributed by atoms with Gasteiger partial charge in [0, 0.05) is 13.1 Å².